The van der Waals surface area contributed by atoms with Crippen molar-refractivity contribution in [1.82, 2.24) is 9.78 Å². The maximum Gasteiger partial charge on any atom is 0.342 e. The Morgan fingerprint density at radius 3 is 2.65 bits per heavy atom. The van der Waals surface area contributed by atoms with Crippen LogP contribution in [0.5, 0.6) is 0 Å². The molecule has 0 saturated heterocycles. The third kappa shape index (κ3) is 5.92. The van der Waals surface area contributed by atoms with E-state index in [9.17, 15) is 9.59 Å². The van der Waals surface area contributed by atoms with E-state index < -0.39 is 18.5 Å². The number of nitrogens with zero attached hydrogens (tertiary/aromatic N) is 3. The van der Waals surface area contributed by atoms with Gasteiger partial charge in [-0.2, -0.15) is 10.4 Å². The molecule has 0 atom stereocenters. The molecule has 7 nitrogen and oxygen atoms in total. The van der Waals surface area contributed by atoms with E-state index in [0.29, 0.717) is 23.5 Å². The van der Waals surface area contributed by atoms with Crippen LogP contribution in [0.25, 0.3) is 10.6 Å². The molecule has 0 saturated carbocycles. The largest absolute Gasteiger partial charge is 0.452 e. The molecule has 34 heavy (non-hydrogen) atoms. The number of hydrogen-bond donors (Lipinski definition) is 1. The Balaban J connectivity index is 1.45. The Morgan fingerprint density at radius 2 is 1.88 bits per heavy atom. The van der Waals surface area contributed by atoms with Gasteiger partial charge in [0.2, 0.25) is 0 Å². The summed E-state index contributed by atoms with van der Waals surface area (Å²) in [5.41, 5.74) is 2.44. The van der Waals surface area contributed by atoms with Crippen molar-refractivity contribution in [2.24, 2.45) is 0 Å². The number of thiophene rings is 1. The van der Waals surface area contributed by atoms with Crippen molar-refractivity contribution in [3.63, 3.8) is 0 Å². The lowest BCUT2D eigenvalue weighted by Crippen LogP contribution is -2.21. The highest BCUT2D eigenvalue weighted by Crippen LogP contribution is 2.28. The zero-order valence-corrected chi connectivity index (χ0v) is 19.6. The summed E-state index contributed by atoms with van der Waals surface area (Å²) >= 11 is 2.79. The van der Waals surface area contributed by atoms with Crippen molar-refractivity contribution in [2.75, 3.05) is 17.7 Å². The third-order valence-corrected chi connectivity index (χ3v) is 6.53. The zero-order valence-electron chi connectivity index (χ0n) is 18.0. The maximum atomic E-state index is 12.9. The molecule has 2 aromatic heterocycles. The number of thioether (sulfide) groups is 1. The fourth-order valence-electron chi connectivity index (χ4n) is 3.22. The number of rotatable bonds is 9. The summed E-state index contributed by atoms with van der Waals surface area (Å²) in [6.45, 7) is 0.0635. The van der Waals surface area contributed by atoms with Crippen molar-refractivity contribution in [3.05, 3.63) is 89.4 Å². The number of carbonyl (C=O) groups is 2. The van der Waals surface area contributed by atoms with Crippen molar-refractivity contribution in [1.29, 1.82) is 5.26 Å². The first kappa shape index (κ1) is 23.3. The van der Waals surface area contributed by atoms with Crippen LogP contribution in [-0.2, 0) is 16.1 Å². The SMILES string of the molecule is N#CCSc1ccccc1NC(=O)COC(=O)c1cn(Cc2ccccc2)nc1-c1cccs1. The summed E-state index contributed by atoms with van der Waals surface area (Å²) < 4.78 is 7.02. The number of hydrogen-bond acceptors (Lipinski definition) is 7. The van der Waals surface area contributed by atoms with Gasteiger partial charge in [0.1, 0.15) is 11.3 Å². The molecule has 1 amide bonds. The fraction of sp³-hybridized carbons (Fsp3) is 0.120. The van der Waals surface area contributed by atoms with Gasteiger partial charge in [0.25, 0.3) is 5.91 Å². The van der Waals surface area contributed by atoms with Crippen LogP contribution in [0.15, 0.2) is 83.2 Å². The van der Waals surface area contributed by atoms with Crippen LogP contribution in [0.4, 0.5) is 5.69 Å². The van der Waals surface area contributed by atoms with Crippen LogP contribution >= 0.6 is 23.1 Å². The molecule has 170 valence electrons. The minimum absolute atomic E-state index is 0.264. The van der Waals surface area contributed by atoms with Crippen LogP contribution in [0.3, 0.4) is 0 Å². The Labute approximate surface area is 205 Å². The Bertz CT molecular complexity index is 1310. The topological polar surface area (TPSA) is 97.0 Å². The minimum Gasteiger partial charge on any atom is -0.452 e. The van der Waals surface area contributed by atoms with E-state index >= 15 is 0 Å². The molecule has 2 heterocycles. The van der Waals surface area contributed by atoms with Crippen molar-refractivity contribution >= 4 is 40.7 Å². The molecule has 0 bridgehead atoms. The van der Waals surface area contributed by atoms with Crippen LogP contribution in [-0.4, -0.2) is 34.0 Å². The van der Waals surface area contributed by atoms with Crippen LogP contribution in [0, 0.1) is 11.3 Å². The second kappa shape index (κ2) is 11.3. The van der Waals surface area contributed by atoms with E-state index in [4.69, 9.17) is 10.00 Å². The normalized spacial score (nSPS) is 10.4. The standard InChI is InChI=1S/C25H20N4O3S2/c26-12-14-34-21-10-5-4-9-20(21)27-23(30)17-32-25(31)19-16-29(15-18-7-2-1-3-8-18)28-24(19)22-11-6-13-33-22/h1-11,13,16H,14-15,17H2,(H,27,30). The van der Waals surface area contributed by atoms with Gasteiger partial charge in [-0.25, -0.2) is 4.79 Å². The lowest BCUT2D eigenvalue weighted by Gasteiger charge is -2.10. The maximum absolute atomic E-state index is 12.9. The number of carbonyl (C=O) groups excluding carboxylic acids is 2. The smallest absolute Gasteiger partial charge is 0.342 e. The summed E-state index contributed by atoms with van der Waals surface area (Å²) in [6, 6.07) is 22.8. The highest BCUT2D eigenvalue weighted by atomic mass is 32.2. The molecule has 0 aliphatic rings. The first-order valence-corrected chi connectivity index (χ1v) is 12.2. The van der Waals surface area contributed by atoms with E-state index in [1.54, 1.807) is 23.0 Å². The number of para-hydroxylation sites is 1. The lowest BCUT2D eigenvalue weighted by molar-refractivity contribution is -0.119. The molecule has 0 fully saturated rings. The third-order valence-electron chi connectivity index (χ3n) is 4.71. The molecule has 2 aromatic carbocycles. The predicted octanol–water partition coefficient (Wildman–Crippen LogP) is 5.07. The number of aromatic nitrogens is 2. The van der Waals surface area contributed by atoms with Gasteiger partial charge < -0.3 is 10.1 Å². The number of nitriles is 1. The summed E-state index contributed by atoms with van der Waals surface area (Å²) in [5.74, 6) is -0.821. The number of amides is 1. The van der Waals surface area contributed by atoms with Gasteiger partial charge in [-0.15, -0.1) is 23.1 Å². The van der Waals surface area contributed by atoms with E-state index in [-0.39, 0.29) is 5.75 Å². The Morgan fingerprint density at radius 1 is 1.09 bits per heavy atom. The van der Waals surface area contributed by atoms with Gasteiger partial charge in [0.05, 0.1) is 28.9 Å². The number of nitrogens with one attached hydrogen (secondary N) is 1. The first-order valence-electron chi connectivity index (χ1n) is 10.3. The number of ether oxygens (including phenoxy) is 1. The van der Waals surface area contributed by atoms with Gasteiger partial charge in [0.15, 0.2) is 6.61 Å². The second-order valence-electron chi connectivity index (χ2n) is 7.12. The fourth-order valence-corrected chi connectivity index (χ4v) is 4.61. The number of benzene rings is 2. The van der Waals surface area contributed by atoms with Crippen molar-refractivity contribution in [2.45, 2.75) is 11.4 Å². The molecule has 0 radical (unpaired) electrons. The molecule has 4 aromatic rings. The van der Waals surface area contributed by atoms with Gasteiger partial charge >= 0.3 is 5.97 Å². The van der Waals surface area contributed by atoms with Gasteiger partial charge in [-0.3, -0.25) is 9.48 Å². The second-order valence-corrected chi connectivity index (χ2v) is 9.08. The molecule has 0 unspecified atom stereocenters. The minimum atomic E-state index is -0.620. The van der Waals surface area contributed by atoms with Gasteiger partial charge in [-0.05, 0) is 29.1 Å². The lowest BCUT2D eigenvalue weighted by atomic mass is 10.2. The Hall–Kier alpha value is -3.87. The van der Waals surface area contributed by atoms with Crippen LogP contribution < -0.4 is 5.32 Å². The molecule has 4 rings (SSSR count). The van der Waals surface area contributed by atoms with Crippen LogP contribution in [0.1, 0.15) is 15.9 Å². The molecular formula is C25H20N4O3S2. The highest BCUT2D eigenvalue weighted by Gasteiger charge is 2.21. The molecule has 0 aliphatic heterocycles. The molecule has 1 N–H and O–H groups in total. The van der Waals surface area contributed by atoms with E-state index in [1.165, 1.54) is 23.1 Å². The van der Waals surface area contributed by atoms with E-state index in [1.807, 2.05) is 60.0 Å². The van der Waals surface area contributed by atoms with Crippen molar-refractivity contribution < 1.29 is 14.3 Å². The molecular weight excluding hydrogens is 468 g/mol. The quantitative estimate of drug-likeness (QED) is 0.261. The summed E-state index contributed by atoms with van der Waals surface area (Å²) in [4.78, 5) is 27.0. The molecule has 9 heteroatoms. The summed E-state index contributed by atoms with van der Waals surface area (Å²) in [6.07, 6.45) is 1.65. The molecule has 0 aliphatic carbocycles. The van der Waals surface area contributed by atoms with Crippen molar-refractivity contribution in [3.8, 4) is 16.6 Å². The van der Waals surface area contributed by atoms with E-state index in [2.05, 4.69) is 16.5 Å². The van der Waals surface area contributed by atoms with Gasteiger partial charge in [-0.1, -0.05) is 48.5 Å². The summed E-state index contributed by atoms with van der Waals surface area (Å²) in [5, 5.41) is 18.1. The predicted molar refractivity (Wildman–Crippen MR) is 133 cm³/mol. The van der Waals surface area contributed by atoms with E-state index in [0.717, 1.165) is 15.3 Å². The first-order chi connectivity index (χ1) is 16.6. The highest BCUT2D eigenvalue weighted by molar-refractivity contribution is 7.99. The van der Waals surface area contributed by atoms with Gasteiger partial charge in [0, 0.05) is 11.1 Å². The number of anilines is 1. The molecule has 0 spiro atoms. The average molecular weight is 489 g/mol. The Kier molecular flexibility index (Phi) is 7.75. The number of esters is 1. The monoisotopic (exact) mass is 488 g/mol. The zero-order chi connectivity index (χ0) is 23.8. The van der Waals surface area contributed by atoms with Crippen LogP contribution in [0.2, 0.25) is 0 Å². The average Bonchev–Trinajstić information content (AvgIpc) is 3.53. The summed E-state index contributed by atoms with van der Waals surface area (Å²) in [7, 11) is 0.